The van der Waals surface area contributed by atoms with E-state index in [-0.39, 0.29) is 23.3 Å². The maximum Gasteiger partial charge on any atom is 0.281 e. The highest BCUT2D eigenvalue weighted by atomic mass is 35.5. The maximum absolute atomic E-state index is 12.6. The number of alkyl halides is 3. The first-order chi connectivity index (χ1) is 6.61. The van der Waals surface area contributed by atoms with Gasteiger partial charge in [0.15, 0.2) is 0 Å². The van der Waals surface area contributed by atoms with E-state index in [0.29, 0.717) is 0 Å². The Morgan fingerprint density at radius 1 is 1.50 bits per heavy atom. The molecule has 0 aromatic carbocycles. The zero-order chi connectivity index (χ0) is 10.7. The fourth-order valence-corrected chi connectivity index (χ4v) is 1.34. The van der Waals surface area contributed by atoms with Crippen LogP contribution in [-0.2, 0) is 5.88 Å². The molecule has 0 aliphatic carbocycles. The second-order valence-electron chi connectivity index (χ2n) is 3.06. The fraction of sp³-hybridized carbons (Fsp3) is 0.750. The summed E-state index contributed by atoms with van der Waals surface area (Å²) in [5.41, 5.74) is 0.0105. The van der Waals surface area contributed by atoms with Crippen LogP contribution < -0.4 is 0 Å². The summed E-state index contributed by atoms with van der Waals surface area (Å²) in [6, 6.07) is -0.0801. The summed E-state index contributed by atoms with van der Waals surface area (Å²) in [4.78, 5) is 0. The van der Waals surface area contributed by atoms with Gasteiger partial charge in [-0.2, -0.15) is 0 Å². The first-order valence-corrected chi connectivity index (χ1v) is 4.93. The first kappa shape index (κ1) is 11.4. The first-order valence-electron chi connectivity index (χ1n) is 4.39. The van der Waals surface area contributed by atoms with E-state index in [1.54, 1.807) is 0 Å². The highest BCUT2D eigenvalue weighted by Crippen LogP contribution is 2.25. The minimum atomic E-state index is -2.58. The van der Waals surface area contributed by atoms with Gasteiger partial charge in [0, 0.05) is 0 Å². The van der Waals surface area contributed by atoms with Gasteiger partial charge in [-0.15, -0.1) is 16.7 Å². The Morgan fingerprint density at radius 2 is 2.14 bits per heavy atom. The van der Waals surface area contributed by atoms with Gasteiger partial charge < -0.3 is 0 Å². The third kappa shape index (κ3) is 2.03. The normalized spacial score (nSPS) is 13.6. The van der Waals surface area contributed by atoms with E-state index in [4.69, 9.17) is 11.6 Å². The predicted octanol–water partition coefficient (Wildman–Crippen LogP) is 2.93. The van der Waals surface area contributed by atoms with Crippen LogP contribution in [0.25, 0.3) is 0 Å². The molecule has 1 atom stereocenters. The second-order valence-corrected chi connectivity index (χ2v) is 3.32. The van der Waals surface area contributed by atoms with Crippen molar-refractivity contribution in [1.29, 1.82) is 0 Å². The van der Waals surface area contributed by atoms with E-state index < -0.39 is 6.43 Å². The molecule has 0 spiro atoms. The standard InChI is InChI=1S/C8H12ClF2N3/c1-3-5(2)14-7(8(10)11)6(4-9)12-13-14/h5,8H,3-4H2,1-2H3. The number of nitrogens with zero attached hydrogens (tertiary/aromatic N) is 3. The Balaban J connectivity index is 3.10. The summed E-state index contributed by atoms with van der Waals surface area (Å²) in [6.07, 6.45) is -1.85. The molecule has 0 amide bonds. The van der Waals surface area contributed by atoms with Crippen LogP contribution in [0.2, 0.25) is 0 Å². The van der Waals surface area contributed by atoms with Crippen LogP contribution in [0.1, 0.15) is 44.1 Å². The number of halogens is 3. The molecule has 3 nitrogen and oxygen atoms in total. The smallest absolute Gasteiger partial charge is 0.240 e. The Bertz CT molecular complexity index is 301. The molecule has 0 N–H and O–H groups in total. The quantitative estimate of drug-likeness (QED) is 0.735. The Hall–Kier alpha value is -0.710. The van der Waals surface area contributed by atoms with Crippen molar-refractivity contribution in [3.05, 3.63) is 11.4 Å². The number of hydrogen-bond acceptors (Lipinski definition) is 2. The number of aromatic nitrogens is 3. The molecule has 0 saturated heterocycles. The molecule has 0 radical (unpaired) electrons. The van der Waals surface area contributed by atoms with E-state index in [9.17, 15) is 8.78 Å². The van der Waals surface area contributed by atoms with Crippen LogP contribution in [0, 0.1) is 0 Å². The van der Waals surface area contributed by atoms with Crippen molar-refractivity contribution in [3.63, 3.8) is 0 Å². The third-order valence-corrected chi connectivity index (χ3v) is 2.40. The zero-order valence-corrected chi connectivity index (χ0v) is 8.80. The minimum Gasteiger partial charge on any atom is -0.240 e. The average molecular weight is 224 g/mol. The van der Waals surface area contributed by atoms with Crippen molar-refractivity contribution in [1.82, 2.24) is 15.0 Å². The van der Waals surface area contributed by atoms with E-state index in [1.807, 2.05) is 13.8 Å². The lowest BCUT2D eigenvalue weighted by atomic mass is 10.2. The van der Waals surface area contributed by atoms with Crippen LogP contribution >= 0.6 is 11.6 Å². The van der Waals surface area contributed by atoms with E-state index >= 15 is 0 Å². The molecule has 80 valence electrons. The van der Waals surface area contributed by atoms with Gasteiger partial charge in [-0.05, 0) is 13.3 Å². The fourth-order valence-electron chi connectivity index (χ4n) is 1.15. The molecule has 14 heavy (non-hydrogen) atoms. The van der Waals surface area contributed by atoms with Gasteiger partial charge in [0.1, 0.15) is 11.4 Å². The summed E-state index contributed by atoms with van der Waals surface area (Å²) in [7, 11) is 0. The summed E-state index contributed by atoms with van der Waals surface area (Å²) < 4.78 is 26.5. The number of hydrogen-bond donors (Lipinski definition) is 0. The minimum absolute atomic E-state index is 0.0316. The summed E-state index contributed by atoms with van der Waals surface area (Å²) in [5.74, 6) is -0.0316. The molecular formula is C8H12ClF2N3. The topological polar surface area (TPSA) is 30.7 Å². The molecule has 0 saturated carbocycles. The number of rotatable bonds is 4. The maximum atomic E-state index is 12.6. The van der Waals surface area contributed by atoms with Crippen molar-refractivity contribution >= 4 is 11.6 Å². The molecule has 1 heterocycles. The van der Waals surface area contributed by atoms with E-state index in [0.717, 1.165) is 6.42 Å². The van der Waals surface area contributed by atoms with Gasteiger partial charge in [0.05, 0.1) is 11.9 Å². The molecule has 1 aromatic rings. The SMILES string of the molecule is CCC(C)n1nnc(CCl)c1C(F)F. The highest BCUT2D eigenvalue weighted by molar-refractivity contribution is 6.16. The lowest BCUT2D eigenvalue weighted by Crippen LogP contribution is -2.10. The van der Waals surface area contributed by atoms with Crippen LogP contribution in [-0.4, -0.2) is 15.0 Å². The van der Waals surface area contributed by atoms with E-state index in [1.165, 1.54) is 4.68 Å². The summed E-state index contributed by atoms with van der Waals surface area (Å²) >= 11 is 5.49. The molecule has 0 aliphatic heterocycles. The van der Waals surface area contributed by atoms with Gasteiger partial charge in [-0.3, -0.25) is 0 Å². The molecule has 1 aromatic heterocycles. The second kappa shape index (κ2) is 4.68. The largest absolute Gasteiger partial charge is 0.281 e. The van der Waals surface area contributed by atoms with E-state index in [2.05, 4.69) is 10.3 Å². The molecule has 0 fully saturated rings. The molecule has 6 heteroatoms. The van der Waals surface area contributed by atoms with Gasteiger partial charge >= 0.3 is 0 Å². The third-order valence-electron chi connectivity index (χ3n) is 2.15. The monoisotopic (exact) mass is 223 g/mol. The van der Waals surface area contributed by atoms with Crippen molar-refractivity contribution in [3.8, 4) is 0 Å². The van der Waals surface area contributed by atoms with Crippen molar-refractivity contribution < 1.29 is 8.78 Å². The van der Waals surface area contributed by atoms with Gasteiger partial charge in [-0.25, -0.2) is 13.5 Å². The highest BCUT2D eigenvalue weighted by Gasteiger charge is 2.23. The van der Waals surface area contributed by atoms with Crippen molar-refractivity contribution in [2.24, 2.45) is 0 Å². The Labute approximate surface area is 86.1 Å². The Kier molecular flexibility index (Phi) is 3.80. The molecule has 1 unspecified atom stereocenters. The lowest BCUT2D eigenvalue weighted by molar-refractivity contribution is 0.135. The Morgan fingerprint density at radius 3 is 2.57 bits per heavy atom. The molecule has 1 rings (SSSR count). The van der Waals surface area contributed by atoms with Crippen molar-refractivity contribution in [2.75, 3.05) is 0 Å². The van der Waals surface area contributed by atoms with Crippen LogP contribution in [0.5, 0.6) is 0 Å². The van der Waals surface area contributed by atoms with Gasteiger partial charge in [-0.1, -0.05) is 12.1 Å². The lowest BCUT2D eigenvalue weighted by Gasteiger charge is -2.12. The van der Waals surface area contributed by atoms with Crippen LogP contribution in [0.15, 0.2) is 0 Å². The van der Waals surface area contributed by atoms with Gasteiger partial charge in [0.2, 0.25) is 0 Å². The molecule has 0 bridgehead atoms. The summed E-state index contributed by atoms with van der Waals surface area (Å²) in [5, 5.41) is 7.31. The van der Waals surface area contributed by atoms with Crippen LogP contribution in [0.3, 0.4) is 0 Å². The molecular weight excluding hydrogens is 212 g/mol. The summed E-state index contributed by atoms with van der Waals surface area (Å²) in [6.45, 7) is 3.72. The zero-order valence-electron chi connectivity index (χ0n) is 8.04. The van der Waals surface area contributed by atoms with Gasteiger partial charge in [0.25, 0.3) is 6.43 Å². The molecule has 0 aliphatic rings. The predicted molar refractivity (Wildman–Crippen MR) is 49.5 cm³/mol. The average Bonchev–Trinajstić information content (AvgIpc) is 2.59. The van der Waals surface area contributed by atoms with Crippen molar-refractivity contribution in [2.45, 2.75) is 38.6 Å². The van der Waals surface area contributed by atoms with Crippen LogP contribution in [0.4, 0.5) is 8.78 Å².